The standard InChI is InChI=1S/C17H29N3O.2ClH/c1-17(2,3)15(10-11-20(4)5)19-16(21)12-13-6-8-14(18)9-7-13;;/h6-9,15H,10-12,18H2,1-5H3,(H,19,21);2*1H. The summed E-state index contributed by atoms with van der Waals surface area (Å²) in [6.45, 7) is 7.45. The van der Waals surface area contributed by atoms with Crippen LogP contribution in [0.1, 0.15) is 32.8 Å². The van der Waals surface area contributed by atoms with Crippen LogP contribution in [0.5, 0.6) is 0 Å². The fourth-order valence-corrected chi connectivity index (χ4v) is 2.18. The maximum Gasteiger partial charge on any atom is 0.224 e. The second-order valence-corrected chi connectivity index (χ2v) is 7.00. The number of anilines is 1. The zero-order valence-corrected chi connectivity index (χ0v) is 16.4. The third-order valence-electron chi connectivity index (χ3n) is 3.59. The number of amides is 1. The molecule has 0 saturated heterocycles. The number of rotatable bonds is 6. The van der Waals surface area contributed by atoms with Gasteiger partial charge in [-0.05, 0) is 50.2 Å². The molecule has 0 aromatic heterocycles. The number of benzene rings is 1. The maximum absolute atomic E-state index is 12.2. The average molecular weight is 364 g/mol. The number of carbonyl (C=O) groups excluding carboxylic acids is 1. The van der Waals surface area contributed by atoms with Gasteiger partial charge in [-0.25, -0.2) is 0 Å². The lowest BCUT2D eigenvalue weighted by Gasteiger charge is -2.32. The first-order chi connectivity index (χ1) is 9.68. The maximum atomic E-state index is 12.2. The predicted molar refractivity (Wildman–Crippen MR) is 104 cm³/mol. The molecule has 4 nitrogen and oxygen atoms in total. The smallest absolute Gasteiger partial charge is 0.224 e. The van der Waals surface area contributed by atoms with Gasteiger partial charge in [-0.1, -0.05) is 32.9 Å². The monoisotopic (exact) mass is 363 g/mol. The third kappa shape index (κ3) is 9.69. The number of carbonyl (C=O) groups is 1. The molecular weight excluding hydrogens is 333 g/mol. The van der Waals surface area contributed by atoms with E-state index in [9.17, 15) is 4.79 Å². The Hall–Kier alpha value is -0.970. The lowest BCUT2D eigenvalue weighted by Crippen LogP contribution is -2.45. The van der Waals surface area contributed by atoms with Crippen molar-refractivity contribution < 1.29 is 4.79 Å². The third-order valence-corrected chi connectivity index (χ3v) is 3.59. The molecule has 1 amide bonds. The highest BCUT2D eigenvalue weighted by Gasteiger charge is 2.25. The van der Waals surface area contributed by atoms with Crippen molar-refractivity contribution in [1.29, 1.82) is 0 Å². The number of nitrogens with two attached hydrogens (primary N) is 1. The second-order valence-electron chi connectivity index (χ2n) is 7.00. The largest absolute Gasteiger partial charge is 0.399 e. The van der Waals surface area contributed by atoms with Crippen LogP contribution in [0.3, 0.4) is 0 Å². The van der Waals surface area contributed by atoms with Gasteiger partial charge in [0, 0.05) is 11.7 Å². The van der Waals surface area contributed by atoms with E-state index in [1.807, 2.05) is 24.3 Å². The van der Waals surface area contributed by atoms with E-state index in [1.54, 1.807) is 0 Å². The lowest BCUT2D eigenvalue weighted by atomic mass is 9.84. The van der Waals surface area contributed by atoms with E-state index in [0.717, 1.165) is 24.2 Å². The van der Waals surface area contributed by atoms with Crippen molar-refractivity contribution in [3.63, 3.8) is 0 Å². The van der Waals surface area contributed by atoms with Crippen LogP contribution < -0.4 is 11.1 Å². The van der Waals surface area contributed by atoms with Crippen LogP contribution in [0.25, 0.3) is 0 Å². The summed E-state index contributed by atoms with van der Waals surface area (Å²) in [7, 11) is 4.10. The fourth-order valence-electron chi connectivity index (χ4n) is 2.18. The molecule has 0 aliphatic rings. The van der Waals surface area contributed by atoms with Crippen LogP contribution in [0, 0.1) is 5.41 Å². The van der Waals surface area contributed by atoms with E-state index in [1.165, 1.54) is 0 Å². The summed E-state index contributed by atoms with van der Waals surface area (Å²) in [5.74, 6) is 0.0680. The molecule has 1 unspecified atom stereocenters. The first-order valence-corrected chi connectivity index (χ1v) is 7.47. The zero-order chi connectivity index (χ0) is 16.0. The summed E-state index contributed by atoms with van der Waals surface area (Å²) in [6, 6.07) is 7.63. The van der Waals surface area contributed by atoms with Crippen molar-refractivity contribution in [1.82, 2.24) is 10.2 Å². The van der Waals surface area contributed by atoms with Crippen molar-refractivity contribution in [2.75, 3.05) is 26.4 Å². The van der Waals surface area contributed by atoms with Gasteiger partial charge < -0.3 is 16.0 Å². The van der Waals surface area contributed by atoms with Crippen LogP contribution in [0.4, 0.5) is 5.69 Å². The van der Waals surface area contributed by atoms with Crippen LogP contribution in [-0.4, -0.2) is 37.5 Å². The summed E-state index contributed by atoms with van der Waals surface area (Å²) in [4.78, 5) is 14.4. The first kappa shape index (κ1) is 24.3. The minimum atomic E-state index is 0. The molecule has 1 aromatic rings. The van der Waals surface area contributed by atoms with Gasteiger partial charge in [-0.15, -0.1) is 24.8 Å². The molecule has 0 heterocycles. The van der Waals surface area contributed by atoms with Crippen LogP contribution in [0.15, 0.2) is 24.3 Å². The van der Waals surface area contributed by atoms with E-state index in [-0.39, 0.29) is 42.2 Å². The molecule has 0 aliphatic heterocycles. The molecule has 3 N–H and O–H groups in total. The van der Waals surface area contributed by atoms with Crippen molar-refractivity contribution >= 4 is 36.4 Å². The SMILES string of the molecule is CN(C)CCC(NC(=O)Cc1ccc(N)cc1)C(C)(C)C.Cl.Cl. The molecule has 0 fully saturated rings. The Morgan fingerprint density at radius 3 is 2.13 bits per heavy atom. The van der Waals surface area contributed by atoms with Crippen LogP contribution in [-0.2, 0) is 11.2 Å². The van der Waals surface area contributed by atoms with Gasteiger partial charge in [-0.2, -0.15) is 0 Å². The minimum absolute atomic E-state index is 0. The van der Waals surface area contributed by atoms with E-state index in [4.69, 9.17) is 5.73 Å². The Kier molecular flexibility index (Phi) is 11.3. The molecule has 1 aromatic carbocycles. The molecule has 134 valence electrons. The first-order valence-electron chi connectivity index (χ1n) is 7.47. The lowest BCUT2D eigenvalue weighted by molar-refractivity contribution is -0.122. The molecular formula is C17H31Cl2N3O. The fraction of sp³-hybridized carbons (Fsp3) is 0.588. The summed E-state index contributed by atoms with van der Waals surface area (Å²) in [6.07, 6.45) is 1.35. The summed E-state index contributed by atoms with van der Waals surface area (Å²) < 4.78 is 0. The molecule has 0 saturated carbocycles. The van der Waals surface area contributed by atoms with E-state index in [0.29, 0.717) is 6.42 Å². The van der Waals surface area contributed by atoms with E-state index >= 15 is 0 Å². The molecule has 1 rings (SSSR count). The quantitative estimate of drug-likeness (QED) is 0.763. The molecule has 0 aliphatic carbocycles. The van der Waals surface area contributed by atoms with Crippen LogP contribution >= 0.6 is 24.8 Å². The number of halogens is 2. The number of hydrogen-bond donors (Lipinski definition) is 2. The highest BCUT2D eigenvalue weighted by Crippen LogP contribution is 2.22. The number of nitrogens with one attached hydrogen (secondary N) is 1. The van der Waals surface area contributed by atoms with Crippen molar-refractivity contribution in [2.24, 2.45) is 5.41 Å². The summed E-state index contributed by atoms with van der Waals surface area (Å²) in [5.41, 5.74) is 7.41. The van der Waals surface area contributed by atoms with E-state index in [2.05, 4.69) is 45.1 Å². The predicted octanol–water partition coefficient (Wildman–Crippen LogP) is 3.14. The Morgan fingerprint density at radius 1 is 1.17 bits per heavy atom. The van der Waals surface area contributed by atoms with Gasteiger partial charge in [-0.3, -0.25) is 4.79 Å². The van der Waals surface area contributed by atoms with E-state index < -0.39 is 0 Å². The highest BCUT2D eigenvalue weighted by atomic mass is 35.5. The number of nitrogen functional groups attached to an aromatic ring is 1. The van der Waals surface area contributed by atoms with Crippen molar-refractivity contribution in [3.05, 3.63) is 29.8 Å². The second kappa shape index (κ2) is 10.7. The summed E-state index contributed by atoms with van der Waals surface area (Å²) >= 11 is 0. The molecule has 0 radical (unpaired) electrons. The highest BCUT2D eigenvalue weighted by molar-refractivity contribution is 5.85. The van der Waals surface area contributed by atoms with Gasteiger partial charge in [0.05, 0.1) is 6.42 Å². The molecule has 0 bridgehead atoms. The van der Waals surface area contributed by atoms with Gasteiger partial charge in [0.2, 0.25) is 5.91 Å². The van der Waals surface area contributed by atoms with Gasteiger partial charge in [0.1, 0.15) is 0 Å². The Labute approximate surface area is 153 Å². The molecule has 6 heteroatoms. The topological polar surface area (TPSA) is 58.4 Å². The molecule has 23 heavy (non-hydrogen) atoms. The Morgan fingerprint density at radius 2 is 1.70 bits per heavy atom. The number of hydrogen-bond acceptors (Lipinski definition) is 3. The average Bonchev–Trinajstić information content (AvgIpc) is 2.35. The normalized spacial score (nSPS) is 12.1. The van der Waals surface area contributed by atoms with Crippen molar-refractivity contribution in [3.8, 4) is 0 Å². The minimum Gasteiger partial charge on any atom is -0.399 e. The van der Waals surface area contributed by atoms with Gasteiger partial charge >= 0.3 is 0 Å². The zero-order valence-electron chi connectivity index (χ0n) is 14.8. The Balaban J connectivity index is 0. The molecule has 1 atom stereocenters. The summed E-state index contributed by atoms with van der Waals surface area (Å²) in [5, 5.41) is 3.18. The van der Waals surface area contributed by atoms with Crippen molar-refractivity contribution in [2.45, 2.75) is 39.7 Å². The molecule has 0 spiro atoms. The van der Waals surface area contributed by atoms with Crippen LogP contribution in [0.2, 0.25) is 0 Å². The van der Waals surface area contributed by atoms with Gasteiger partial charge in [0.25, 0.3) is 0 Å². The number of nitrogens with zero attached hydrogens (tertiary/aromatic N) is 1. The Bertz CT molecular complexity index is 456. The van der Waals surface area contributed by atoms with Gasteiger partial charge in [0.15, 0.2) is 0 Å².